The van der Waals surface area contributed by atoms with Gasteiger partial charge in [0.2, 0.25) is 0 Å². The lowest BCUT2D eigenvalue weighted by atomic mass is 10.3. The van der Waals surface area contributed by atoms with Gasteiger partial charge in [-0.2, -0.15) is 0 Å². The largest absolute Gasteiger partial charge is 0.455 e. The summed E-state index contributed by atoms with van der Waals surface area (Å²) in [5, 5.41) is 0.673. The van der Waals surface area contributed by atoms with Crippen molar-refractivity contribution in [3.63, 3.8) is 0 Å². The average molecular weight is 256 g/mol. The molecule has 0 aliphatic carbocycles. The molecule has 0 saturated heterocycles. The van der Waals surface area contributed by atoms with Crippen molar-refractivity contribution >= 4 is 30.9 Å². The zero-order chi connectivity index (χ0) is 10.8. The Bertz CT molecular complexity index is 385. The van der Waals surface area contributed by atoms with Crippen LogP contribution in [-0.2, 0) is 9.09 Å². The minimum absolute atomic E-state index is 0.170. The third-order valence-electron chi connectivity index (χ3n) is 1.37. The van der Waals surface area contributed by atoms with Crippen molar-refractivity contribution in [3.05, 3.63) is 28.2 Å². The lowest BCUT2D eigenvalue weighted by Crippen LogP contribution is -2.04. The van der Waals surface area contributed by atoms with Gasteiger partial charge in [0.1, 0.15) is 5.75 Å². The second-order valence-electron chi connectivity index (χ2n) is 2.39. The van der Waals surface area contributed by atoms with Crippen LogP contribution in [0.1, 0.15) is 0 Å². The van der Waals surface area contributed by atoms with E-state index in [1.165, 1.54) is 19.2 Å². The summed E-state index contributed by atoms with van der Waals surface area (Å²) in [6.45, 7) is 0. The van der Waals surface area contributed by atoms with E-state index in [-0.39, 0.29) is 10.8 Å². The van der Waals surface area contributed by atoms with Gasteiger partial charge in [0, 0.05) is 12.1 Å². The predicted octanol–water partition coefficient (Wildman–Crippen LogP) is 3.09. The molecule has 7 heteroatoms. The standard InChI is InChI=1S/C7H8Cl2NO3P/c1-12-14(10,11)13-7-3-2-5(8)4-6(7)9/h2-4H,1H3,(H2,10,11). The van der Waals surface area contributed by atoms with E-state index in [0.29, 0.717) is 5.02 Å². The summed E-state index contributed by atoms with van der Waals surface area (Å²) in [6, 6.07) is 4.45. The zero-order valence-corrected chi connectivity index (χ0v) is 9.64. The molecular formula is C7H8Cl2NO3P. The number of nitrogens with two attached hydrogens (primary N) is 1. The number of benzene rings is 1. The average Bonchev–Trinajstić information content (AvgIpc) is 2.10. The van der Waals surface area contributed by atoms with Crippen molar-refractivity contribution < 1.29 is 13.6 Å². The van der Waals surface area contributed by atoms with E-state index in [1.54, 1.807) is 6.07 Å². The van der Waals surface area contributed by atoms with Crippen LogP contribution in [0.3, 0.4) is 0 Å². The molecule has 0 amide bonds. The summed E-state index contributed by atoms with van der Waals surface area (Å²) >= 11 is 11.4. The Morgan fingerprint density at radius 2 is 2.07 bits per heavy atom. The van der Waals surface area contributed by atoms with Crippen LogP contribution in [0.25, 0.3) is 0 Å². The van der Waals surface area contributed by atoms with Crippen LogP contribution in [0.15, 0.2) is 18.2 Å². The predicted molar refractivity (Wildman–Crippen MR) is 55.9 cm³/mol. The first-order valence-corrected chi connectivity index (χ1v) is 5.90. The van der Waals surface area contributed by atoms with Crippen LogP contribution < -0.4 is 10.0 Å². The van der Waals surface area contributed by atoms with Crippen molar-refractivity contribution in [2.45, 2.75) is 0 Å². The SMILES string of the molecule is COP(N)(=O)Oc1ccc(Cl)cc1Cl. The van der Waals surface area contributed by atoms with Gasteiger partial charge >= 0.3 is 7.75 Å². The van der Waals surface area contributed by atoms with Crippen molar-refractivity contribution in [1.82, 2.24) is 0 Å². The molecule has 1 aromatic rings. The number of hydrogen-bond acceptors (Lipinski definition) is 3. The molecule has 78 valence electrons. The molecule has 0 bridgehead atoms. The highest BCUT2D eigenvalue weighted by Gasteiger charge is 2.19. The molecule has 2 N–H and O–H groups in total. The molecule has 4 nitrogen and oxygen atoms in total. The van der Waals surface area contributed by atoms with Gasteiger partial charge in [-0.3, -0.25) is 4.52 Å². The first-order chi connectivity index (χ1) is 6.44. The van der Waals surface area contributed by atoms with Crippen LogP contribution in [0, 0.1) is 0 Å². The van der Waals surface area contributed by atoms with Crippen LogP contribution in [0.2, 0.25) is 10.0 Å². The Kier molecular flexibility index (Phi) is 3.81. The maximum absolute atomic E-state index is 11.2. The molecule has 0 heterocycles. The van der Waals surface area contributed by atoms with Crippen molar-refractivity contribution in [2.24, 2.45) is 5.50 Å². The summed E-state index contributed by atoms with van der Waals surface area (Å²) in [4.78, 5) is 0. The Morgan fingerprint density at radius 3 is 2.57 bits per heavy atom. The van der Waals surface area contributed by atoms with Gasteiger partial charge in [0.25, 0.3) is 0 Å². The van der Waals surface area contributed by atoms with E-state index < -0.39 is 7.75 Å². The van der Waals surface area contributed by atoms with Crippen LogP contribution in [0.4, 0.5) is 0 Å². The molecule has 0 aromatic heterocycles. The maximum atomic E-state index is 11.2. The summed E-state index contributed by atoms with van der Waals surface area (Å²) in [7, 11) is -2.38. The highest BCUT2D eigenvalue weighted by molar-refractivity contribution is 7.51. The van der Waals surface area contributed by atoms with Gasteiger partial charge in [-0.05, 0) is 18.2 Å². The summed E-state index contributed by atoms with van der Waals surface area (Å²) < 4.78 is 20.5. The second-order valence-corrected chi connectivity index (χ2v) is 4.86. The molecule has 0 spiro atoms. The van der Waals surface area contributed by atoms with Crippen molar-refractivity contribution in [2.75, 3.05) is 7.11 Å². The van der Waals surface area contributed by atoms with Crippen molar-refractivity contribution in [3.8, 4) is 5.75 Å². The van der Waals surface area contributed by atoms with E-state index in [2.05, 4.69) is 4.52 Å². The molecule has 0 aliphatic heterocycles. The summed E-state index contributed by atoms with van der Waals surface area (Å²) in [5.41, 5.74) is 5.17. The lowest BCUT2D eigenvalue weighted by molar-refractivity contribution is 0.323. The normalized spacial score (nSPS) is 14.9. The van der Waals surface area contributed by atoms with E-state index in [4.69, 9.17) is 33.2 Å². The van der Waals surface area contributed by atoms with E-state index in [0.717, 1.165) is 0 Å². The van der Waals surface area contributed by atoms with Gasteiger partial charge in [-0.15, -0.1) is 0 Å². The zero-order valence-electron chi connectivity index (χ0n) is 7.24. The minimum atomic E-state index is -3.56. The van der Waals surface area contributed by atoms with Crippen LogP contribution >= 0.6 is 30.9 Å². The fraction of sp³-hybridized carbons (Fsp3) is 0.143. The fourth-order valence-corrected chi connectivity index (χ4v) is 1.73. The van der Waals surface area contributed by atoms with Gasteiger partial charge in [0.15, 0.2) is 0 Å². The van der Waals surface area contributed by atoms with Gasteiger partial charge in [-0.25, -0.2) is 10.1 Å². The van der Waals surface area contributed by atoms with Crippen molar-refractivity contribution in [1.29, 1.82) is 0 Å². The van der Waals surface area contributed by atoms with E-state index >= 15 is 0 Å². The molecule has 14 heavy (non-hydrogen) atoms. The Balaban J connectivity index is 2.93. The minimum Gasteiger partial charge on any atom is -0.412 e. The number of rotatable bonds is 3. The third kappa shape index (κ3) is 3.15. The van der Waals surface area contributed by atoms with Gasteiger partial charge in [0.05, 0.1) is 5.02 Å². The first-order valence-electron chi connectivity index (χ1n) is 3.53. The molecule has 1 rings (SSSR count). The van der Waals surface area contributed by atoms with E-state index in [1.807, 2.05) is 0 Å². The highest BCUT2D eigenvalue weighted by atomic mass is 35.5. The Morgan fingerprint density at radius 1 is 1.43 bits per heavy atom. The fourth-order valence-electron chi connectivity index (χ4n) is 0.724. The first kappa shape index (κ1) is 11.8. The smallest absolute Gasteiger partial charge is 0.412 e. The number of halogens is 2. The third-order valence-corrected chi connectivity index (χ3v) is 2.86. The Hall–Kier alpha value is -0.250. The highest BCUT2D eigenvalue weighted by Crippen LogP contribution is 2.42. The monoisotopic (exact) mass is 255 g/mol. The molecule has 0 fully saturated rings. The van der Waals surface area contributed by atoms with Gasteiger partial charge in [-0.1, -0.05) is 23.2 Å². The van der Waals surface area contributed by atoms with Gasteiger partial charge < -0.3 is 4.52 Å². The van der Waals surface area contributed by atoms with Crippen LogP contribution in [-0.4, -0.2) is 7.11 Å². The maximum Gasteiger partial charge on any atom is 0.455 e. The van der Waals surface area contributed by atoms with Crippen LogP contribution in [0.5, 0.6) is 5.75 Å². The molecule has 1 unspecified atom stereocenters. The number of hydrogen-bond donors (Lipinski definition) is 1. The second kappa shape index (κ2) is 4.51. The Labute approximate surface area is 91.5 Å². The molecular weight excluding hydrogens is 248 g/mol. The lowest BCUT2D eigenvalue weighted by Gasteiger charge is -2.12. The van der Waals surface area contributed by atoms with E-state index in [9.17, 15) is 4.57 Å². The summed E-state index contributed by atoms with van der Waals surface area (Å²) in [5.74, 6) is 0.170. The molecule has 1 atom stereocenters. The molecule has 1 aromatic carbocycles. The summed E-state index contributed by atoms with van der Waals surface area (Å²) in [6.07, 6.45) is 0. The molecule has 0 saturated carbocycles. The molecule has 0 aliphatic rings. The quantitative estimate of drug-likeness (QED) is 0.844. The molecule has 0 radical (unpaired) electrons. The topological polar surface area (TPSA) is 61.5 Å².